The summed E-state index contributed by atoms with van der Waals surface area (Å²) in [7, 11) is 0. The Morgan fingerprint density at radius 3 is 2.27 bits per heavy atom. The minimum Gasteiger partial charge on any atom is -0.454 e. The number of hydrogen-bond donors (Lipinski definition) is 1. The van der Waals surface area contributed by atoms with Crippen molar-refractivity contribution in [3.63, 3.8) is 0 Å². The number of Topliss-reactive ketones (excluding diaryl/α,β-unsaturated/α-hetero) is 1. The molecule has 1 saturated heterocycles. The summed E-state index contributed by atoms with van der Waals surface area (Å²) in [5, 5.41) is 2.70. The molecule has 3 rings (SSSR count). The number of ether oxygens (including phenoxy) is 1. The Kier molecular flexibility index (Phi) is 6.95. The van der Waals surface area contributed by atoms with Gasteiger partial charge in [-0.15, -0.1) is 0 Å². The second-order valence-electron chi connectivity index (χ2n) is 7.09. The third kappa shape index (κ3) is 5.53. The second-order valence-corrected chi connectivity index (χ2v) is 7.09. The van der Waals surface area contributed by atoms with Gasteiger partial charge >= 0.3 is 5.97 Å². The van der Waals surface area contributed by atoms with Gasteiger partial charge in [-0.25, -0.2) is 4.79 Å². The SMILES string of the molecule is CCC(=O)Nc1ccc(C(=O)COC(=O)c2ccc(CN3CCCC3=O)cc2)cc1. The van der Waals surface area contributed by atoms with Crippen LogP contribution in [0.15, 0.2) is 48.5 Å². The molecular weight excluding hydrogens is 384 g/mol. The van der Waals surface area contributed by atoms with Gasteiger partial charge in [-0.3, -0.25) is 14.4 Å². The Hall–Kier alpha value is -3.48. The molecule has 0 aromatic heterocycles. The number of anilines is 1. The average Bonchev–Trinajstić information content (AvgIpc) is 3.17. The van der Waals surface area contributed by atoms with Crippen molar-refractivity contribution in [2.24, 2.45) is 0 Å². The van der Waals surface area contributed by atoms with Gasteiger partial charge in [0.25, 0.3) is 0 Å². The Balaban J connectivity index is 1.50. The number of benzene rings is 2. The highest BCUT2D eigenvalue weighted by atomic mass is 16.5. The molecular formula is C23H24N2O5. The third-order valence-corrected chi connectivity index (χ3v) is 4.88. The summed E-state index contributed by atoms with van der Waals surface area (Å²) < 4.78 is 5.12. The number of nitrogens with zero attached hydrogens (tertiary/aromatic N) is 1. The number of amides is 2. The topological polar surface area (TPSA) is 92.8 Å². The summed E-state index contributed by atoms with van der Waals surface area (Å²) in [5.74, 6) is -0.876. The van der Waals surface area contributed by atoms with E-state index in [0.717, 1.165) is 18.5 Å². The molecule has 0 radical (unpaired) electrons. The van der Waals surface area contributed by atoms with E-state index in [9.17, 15) is 19.2 Å². The van der Waals surface area contributed by atoms with Gasteiger partial charge in [0.15, 0.2) is 12.4 Å². The summed E-state index contributed by atoms with van der Waals surface area (Å²) in [6.45, 7) is 2.67. The van der Waals surface area contributed by atoms with Crippen LogP contribution in [0.5, 0.6) is 0 Å². The van der Waals surface area contributed by atoms with Gasteiger partial charge in [0.2, 0.25) is 11.8 Å². The molecule has 30 heavy (non-hydrogen) atoms. The average molecular weight is 408 g/mol. The minimum atomic E-state index is -0.584. The number of carbonyl (C=O) groups is 4. The standard InChI is InChI=1S/C23H24N2O5/c1-2-21(27)24-19-11-9-17(10-12-19)20(26)15-30-23(29)18-7-5-16(6-8-18)14-25-13-3-4-22(25)28/h5-12H,2-4,13-15H2,1H3,(H,24,27). The highest BCUT2D eigenvalue weighted by molar-refractivity contribution is 6.00. The van der Waals surface area contributed by atoms with E-state index in [2.05, 4.69) is 5.32 Å². The largest absolute Gasteiger partial charge is 0.454 e. The molecule has 1 N–H and O–H groups in total. The number of rotatable bonds is 8. The first kappa shape index (κ1) is 21.2. The summed E-state index contributed by atoms with van der Waals surface area (Å²) in [6, 6.07) is 13.3. The third-order valence-electron chi connectivity index (χ3n) is 4.88. The predicted octanol–water partition coefficient (Wildman–Crippen LogP) is 3.20. The van der Waals surface area contributed by atoms with E-state index in [1.165, 1.54) is 0 Å². The Bertz CT molecular complexity index is 935. The highest BCUT2D eigenvalue weighted by Crippen LogP contribution is 2.15. The molecule has 1 heterocycles. The number of ketones is 1. The zero-order valence-corrected chi connectivity index (χ0v) is 16.8. The van der Waals surface area contributed by atoms with Crippen LogP contribution >= 0.6 is 0 Å². The maximum Gasteiger partial charge on any atom is 0.338 e. The van der Waals surface area contributed by atoms with Gasteiger partial charge in [-0.2, -0.15) is 0 Å². The summed E-state index contributed by atoms with van der Waals surface area (Å²) in [5.41, 5.74) is 2.28. The zero-order valence-electron chi connectivity index (χ0n) is 16.8. The van der Waals surface area contributed by atoms with Crippen molar-refractivity contribution in [3.8, 4) is 0 Å². The minimum absolute atomic E-state index is 0.110. The van der Waals surface area contributed by atoms with Crippen LogP contribution in [0.3, 0.4) is 0 Å². The highest BCUT2D eigenvalue weighted by Gasteiger charge is 2.20. The molecule has 0 bridgehead atoms. The fourth-order valence-electron chi connectivity index (χ4n) is 3.12. The number of likely N-dealkylation sites (tertiary alicyclic amines) is 1. The van der Waals surface area contributed by atoms with Crippen LogP contribution in [-0.4, -0.2) is 41.6 Å². The van der Waals surface area contributed by atoms with E-state index < -0.39 is 5.97 Å². The second kappa shape index (κ2) is 9.82. The maximum atomic E-state index is 12.2. The van der Waals surface area contributed by atoms with E-state index in [4.69, 9.17) is 4.74 Å². The Morgan fingerprint density at radius 1 is 1.00 bits per heavy atom. The molecule has 1 aliphatic heterocycles. The molecule has 7 heteroatoms. The Labute approximate surface area is 175 Å². The van der Waals surface area contributed by atoms with Gasteiger partial charge < -0.3 is 15.0 Å². The van der Waals surface area contributed by atoms with Crippen molar-refractivity contribution in [2.45, 2.75) is 32.7 Å². The molecule has 2 amide bonds. The first-order chi connectivity index (χ1) is 14.5. The molecule has 156 valence electrons. The normalized spacial score (nSPS) is 13.2. The van der Waals surface area contributed by atoms with E-state index in [0.29, 0.717) is 36.2 Å². The summed E-state index contributed by atoms with van der Waals surface area (Å²) >= 11 is 0. The molecule has 1 fully saturated rings. The molecule has 0 spiro atoms. The van der Waals surface area contributed by atoms with E-state index in [1.54, 1.807) is 60.4 Å². The number of carbonyl (C=O) groups excluding carboxylic acids is 4. The van der Waals surface area contributed by atoms with Gasteiger partial charge in [0.1, 0.15) is 0 Å². The van der Waals surface area contributed by atoms with Crippen molar-refractivity contribution < 1.29 is 23.9 Å². The molecule has 2 aromatic carbocycles. The first-order valence-electron chi connectivity index (χ1n) is 9.93. The van der Waals surface area contributed by atoms with Crippen molar-refractivity contribution in [1.29, 1.82) is 0 Å². The molecule has 0 unspecified atom stereocenters. The van der Waals surface area contributed by atoms with Crippen molar-refractivity contribution in [2.75, 3.05) is 18.5 Å². The molecule has 2 aromatic rings. The van der Waals surface area contributed by atoms with Crippen LogP contribution in [0, 0.1) is 0 Å². The van der Waals surface area contributed by atoms with Crippen LogP contribution in [0.1, 0.15) is 52.5 Å². The lowest BCUT2D eigenvalue weighted by molar-refractivity contribution is -0.128. The van der Waals surface area contributed by atoms with Gasteiger partial charge in [-0.05, 0) is 48.4 Å². The van der Waals surface area contributed by atoms with Crippen molar-refractivity contribution in [3.05, 3.63) is 65.2 Å². The Morgan fingerprint density at radius 2 is 1.67 bits per heavy atom. The lowest BCUT2D eigenvalue weighted by Gasteiger charge is -2.15. The lowest BCUT2D eigenvalue weighted by atomic mass is 10.1. The molecule has 7 nitrogen and oxygen atoms in total. The van der Waals surface area contributed by atoms with Gasteiger partial charge in [0, 0.05) is 37.2 Å². The van der Waals surface area contributed by atoms with Crippen LogP contribution in [0.4, 0.5) is 5.69 Å². The van der Waals surface area contributed by atoms with Crippen LogP contribution in [0.2, 0.25) is 0 Å². The van der Waals surface area contributed by atoms with Gasteiger partial charge in [-0.1, -0.05) is 19.1 Å². The van der Waals surface area contributed by atoms with E-state index in [-0.39, 0.29) is 24.2 Å². The fourth-order valence-corrected chi connectivity index (χ4v) is 3.12. The first-order valence-corrected chi connectivity index (χ1v) is 9.93. The fraction of sp³-hybridized carbons (Fsp3) is 0.304. The molecule has 0 atom stereocenters. The van der Waals surface area contributed by atoms with Crippen LogP contribution in [0.25, 0.3) is 0 Å². The van der Waals surface area contributed by atoms with E-state index in [1.807, 2.05) is 0 Å². The van der Waals surface area contributed by atoms with Crippen molar-refractivity contribution in [1.82, 2.24) is 4.90 Å². The number of esters is 1. The molecule has 0 saturated carbocycles. The maximum absolute atomic E-state index is 12.2. The van der Waals surface area contributed by atoms with E-state index >= 15 is 0 Å². The zero-order chi connectivity index (χ0) is 21.5. The van der Waals surface area contributed by atoms with Gasteiger partial charge in [0.05, 0.1) is 5.56 Å². The predicted molar refractivity (Wildman–Crippen MR) is 111 cm³/mol. The number of hydrogen-bond acceptors (Lipinski definition) is 5. The lowest BCUT2D eigenvalue weighted by Crippen LogP contribution is -2.23. The molecule has 1 aliphatic rings. The summed E-state index contributed by atoms with van der Waals surface area (Å²) in [6.07, 6.45) is 1.84. The quantitative estimate of drug-likeness (QED) is 0.535. The van der Waals surface area contributed by atoms with Crippen molar-refractivity contribution >= 4 is 29.3 Å². The smallest absolute Gasteiger partial charge is 0.338 e. The van der Waals surface area contributed by atoms with Crippen LogP contribution < -0.4 is 5.32 Å². The summed E-state index contributed by atoms with van der Waals surface area (Å²) in [4.78, 5) is 49.3. The monoisotopic (exact) mass is 408 g/mol. The molecule has 0 aliphatic carbocycles. The number of nitrogens with one attached hydrogen (secondary N) is 1. The van der Waals surface area contributed by atoms with Crippen LogP contribution in [-0.2, 0) is 20.9 Å².